The molecule has 2 aromatic carbocycles. The number of fused-ring (bicyclic) bond motifs is 1. The van der Waals surface area contributed by atoms with Crippen molar-refractivity contribution in [2.45, 2.75) is 0 Å². The third-order valence-electron chi connectivity index (χ3n) is 2.35. The van der Waals surface area contributed by atoms with Crippen LogP contribution in [0.1, 0.15) is 0 Å². The fourth-order valence-electron chi connectivity index (χ4n) is 1.65. The van der Waals surface area contributed by atoms with E-state index in [2.05, 4.69) is 5.32 Å². The Kier molecular flexibility index (Phi) is 2.25. The molecular formula is C11H10N2O2. The van der Waals surface area contributed by atoms with Gasteiger partial charge in [0.1, 0.15) is 5.69 Å². The summed E-state index contributed by atoms with van der Waals surface area (Å²) < 4.78 is 0. The summed E-state index contributed by atoms with van der Waals surface area (Å²) in [6, 6.07) is 10.9. The van der Waals surface area contributed by atoms with E-state index in [1.54, 1.807) is 25.2 Å². The van der Waals surface area contributed by atoms with E-state index in [0.29, 0.717) is 11.1 Å². The lowest BCUT2D eigenvalue weighted by Gasteiger charge is -2.04. The van der Waals surface area contributed by atoms with E-state index in [1.807, 2.05) is 18.2 Å². The molecule has 0 aromatic heterocycles. The maximum absolute atomic E-state index is 11.0. The van der Waals surface area contributed by atoms with E-state index in [-0.39, 0.29) is 10.6 Å². The monoisotopic (exact) mass is 202 g/mol. The molecule has 2 rings (SSSR count). The zero-order valence-corrected chi connectivity index (χ0v) is 8.23. The number of hydrogen-bond donors (Lipinski definition) is 1. The Morgan fingerprint density at radius 1 is 1.20 bits per heavy atom. The molecule has 0 heterocycles. The molecule has 2 aromatic rings. The summed E-state index contributed by atoms with van der Waals surface area (Å²) >= 11 is 0. The van der Waals surface area contributed by atoms with Crippen LogP contribution >= 0.6 is 0 Å². The highest BCUT2D eigenvalue weighted by atomic mass is 16.6. The van der Waals surface area contributed by atoms with Gasteiger partial charge in [-0.1, -0.05) is 24.3 Å². The zero-order chi connectivity index (χ0) is 10.8. The van der Waals surface area contributed by atoms with Crippen LogP contribution in [0.4, 0.5) is 11.4 Å². The van der Waals surface area contributed by atoms with E-state index in [9.17, 15) is 10.1 Å². The third kappa shape index (κ3) is 1.50. The second-order valence-corrected chi connectivity index (χ2v) is 3.19. The van der Waals surface area contributed by atoms with E-state index in [1.165, 1.54) is 0 Å². The molecule has 0 unspecified atom stereocenters. The lowest BCUT2D eigenvalue weighted by atomic mass is 10.1. The molecule has 4 heteroatoms. The van der Waals surface area contributed by atoms with Gasteiger partial charge in [-0.05, 0) is 17.5 Å². The maximum atomic E-state index is 11.0. The minimum absolute atomic E-state index is 0.135. The fourth-order valence-corrected chi connectivity index (χ4v) is 1.65. The second-order valence-electron chi connectivity index (χ2n) is 3.19. The zero-order valence-electron chi connectivity index (χ0n) is 8.23. The van der Waals surface area contributed by atoms with Gasteiger partial charge in [0, 0.05) is 7.05 Å². The van der Waals surface area contributed by atoms with Crippen molar-refractivity contribution >= 4 is 22.1 Å². The molecule has 0 fully saturated rings. The lowest BCUT2D eigenvalue weighted by Crippen LogP contribution is -1.97. The molecular weight excluding hydrogens is 192 g/mol. The molecule has 76 valence electrons. The molecule has 0 amide bonds. The number of nitro groups is 1. The number of nitro benzene ring substituents is 1. The first-order valence-electron chi connectivity index (χ1n) is 4.58. The highest BCUT2D eigenvalue weighted by Crippen LogP contribution is 2.32. The molecule has 0 spiro atoms. The van der Waals surface area contributed by atoms with E-state index >= 15 is 0 Å². The van der Waals surface area contributed by atoms with Gasteiger partial charge in [0.05, 0.1) is 10.3 Å². The highest BCUT2D eigenvalue weighted by molar-refractivity contribution is 5.96. The molecule has 0 aliphatic heterocycles. The first kappa shape index (κ1) is 9.45. The van der Waals surface area contributed by atoms with Crippen molar-refractivity contribution in [3.8, 4) is 0 Å². The van der Waals surface area contributed by atoms with Crippen LogP contribution in [0.2, 0.25) is 0 Å². The molecule has 0 radical (unpaired) electrons. The Hall–Kier alpha value is -2.10. The maximum Gasteiger partial charge on any atom is 0.300 e. The Labute approximate surface area is 86.7 Å². The normalized spacial score (nSPS) is 10.2. The first-order chi connectivity index (χ1) is 7.24. The number of hydrogen-bond acceptors (Lipinski definition) is 3. The standard InChI is InChI=1S/C11H10N2O2/c1-12-10-7-6-8-4-2-3-5-9(8)11(10)13(14)15/h2-7,12H,1H3. The van der Waals surface area contributed by atoms with Crippen molar-refractivity contribution < 1.29 is 4.92 Å². The van der Waals surface area contributed by atoms with Crippen LogP contribution in [0.25, 0.3) is 10.8 Å². The lowest BCUT2D eigenvalue weighted by molar-refractivity contribution is -0.382. The van der Waals surface area contributed by atoms with Gasteiger partial charge >= 0.3 is 0 Å². The summed E-state index contributed by atoms with van der Waals surface area (Å²) in [6.45, 7) is 0. The van der Waals surface area contributed by atoms with Crippen LogP contribution in [0.15, 0.2) is 36.4 Å². The second kappa shape index (κ2) is 3.57. The highest BCUT2D eigenvalue weighted by Gasteiger charge is 2.16. The van der Waals surface area contributed by atoms with Crippen molar-refractivity contribution in [1.82, 2.24) is 0 Å². The molecule has 0 atom stereocenters. The summed E-state index contributed by atoms with van der Waals surface area (Å²) in [5, 5.41) is 15.3. The summed E-state index contributed by atoms with van der Waals surface area (Å²) in [5.41, 5.74) is 0.675. The van der Waals surface area contributed by atoms with Gasteiger partial charge in [-0.25, -0.2) is 0 Å². The van der Waals surface area contributed by atoms with Crippen LogP contribution in [0, 0.1) is 10.1 Å². The van der Waals surface area contributed by atoms with Crippen LogP contribution in [0.5, 0.6) is 0 Å². The third-order valence-corrected chi connectivity index (χ3v) is 2.35. The number of nitrogens with zero attached hydrogens (tertiary/aromatic N) is 1. The number of anilines is 1. The summed E-state index contributed by atoms with van der Waals surface area (Å²) in [6.07, 6.45) is 0. The topological polar surface area (TPSA) is 55.2 Å². The Morgan fingerprint density at radius 3 is 2.60 bits per heavy atom. The van der Waals surface area contributed by atoms with Crippen molar-refractivity contribution in [1.29, 1.82) is 0 Å². The molecule has 0 bridgehead atoms. The predicted molar refractivity (Wildman–Crippen MR) is 60.1 cm³/mol. The first-order valence-corrected chi connectivity index (χ1v) is 4.58. The van der Waals surface area contributed by atoms with Crippen LogP contribution in [-0.2, 0) is 0 Å². The van der Waals surface area contributed by atoms with E-state index in [4.69, 9.17) is 0 Å². The van der Waals surface area contributed by atoms with Gasteiger partial charge in [0.15, 0.2) is 0 Å². The fraction of sp³-hybridized carbons (Fsp3) is 0.0909. The van der Waals surface area contributed by atoms with Crippen LogP contribution in [0.3, 0.4) is 0 Å². The minimum Gasteiger partial charge on any atom is -0.383 e. The van der Waals surface area contributed by atoms with Gasteiger partial charge in [0.2, 0.25) is 0 Å². The van der Waals surface area contributed by atoms with Gasteiger partial charge in [-0.3, -0.25) is 10.1 Å². The average molecular weight is 202 g/mol. The van der Waals surface area contributed by atoms with Gasteiger partial charge in [0.25, 0.3) is 5.69 Å². The van der Waals surface area contributed by atoms with Crippen LogP contribution in [-0.4, -0.2) is 12.0 Å². The minimum atomic E-state index is -0.353. The molecule has 1 N–H and O–H groups in total. The summed E-state index contributed by atoms with van der Waals surface area (Å²) in [7, 11) is 1.68. The molecule has 4 nitrogen and oxygen atoms in total. The van der Waals surface area contributed by atoms with Gasteiger partial charge < -0.3 is 5.32 Å². The molecule has 0 saturated carbocycles. The predicted octanol–water partition coefficient (Wildman–Crippen LogP) is 2.79. The van der Waals surface area contributed by atoms with Crippen molar-refractivity contribution in [3.63, 3.8) is 0 Å². The van der Waals surface area contributed by atoms with E-state index in [0.717, 1.165) is 5.39 Å². The number of benzene rings is 2. The quantitative estimate of drug-likeness (QED) is 0.601. The molecule has 0 aliphatic rings. The SMILES string of the molecule is CNc1ccc2ccccc2c1[N+](=O)[O-]. The summed E-state index contributed by atoms with van der Waals surface area (Å²) in [4.78, 5) is 10.6. The van der Waals surface area contributed by atoms with Gasteiger partial charge in [-0.15, -0.1) is 0 Å². The van der Waals surface area contributed by atoms with Crippen molar-refractivity contribution in [3.05, 3.63) is 46.5 Å². The van der Waals surface area contributed by atoms with Crippen molar-refractivity contribution in [2.75, 3.05) is 12.4 Å². The Bertz CT molecular complexity index is 523. The summed E-state index contributed by atoms with van der Waals surface area (Å²) in [5.74, 6) is 0. The molecule has 0 aliphatic carbocycles. The molecule has 15 heavy (non-hydrogen) atoms. The molecule has 0 saturated heterocycles. The smallest absolute Gasteiger partial charge is 0.300 e. The number of rotatable bonds is 2. The average Bonchev–Trinajstić information content (AvgIpc) is 2.27. The van der Waals surface area contributed by atoms with E-state index < -0.39 is 0 Å². The Morgan fingerprint density at radius 2 is 1.93 bits per heavy atom. The Balaban J connectivity index is 2.85. The number of nitrogens with one attached hydrogen (secondary N) is 1. The largest absolute Gasteiger partial charge is 0.383 e. The van der Waals surface area contributed by atoms with Gasteiger partial charge in [-0.2, -0.15) is 0 Å². The van der Waals surface area contributed by atoms with Crippen LogP contribution < -0.4 is 5.32 Å². The van der Waals surface area contributed by atoms with Crippen molar-refractivity contribution in [2.24, 2.45) is 0 Å².